The molecule has 26 heavy (non-hydrogen) atoms. The number of nitrogens with zero attached hydrogens (tertiary/aromatic N) is 1. The largest absolute Gasteiger partial charge is 0.481 e. The zero-order valence-corrected chi connectivity index (χ0v) is 14.5. The summed E-state index contributed by atoms with van der Waals surface area (Å²) in [5.41, 5.74) is 6.76. The van der Waals surface area contributed by atoms with Gasteiger partial charge in [-0.15, -0.1) is 11.3 Å². The molecule has 0 unspecified atom stereocenters. The molecule has 0 bridgehead atoms. The van der Waals surface area contributed by atoms with E-state index in [9.17, 15) is 14.0 Å². The smallest absolute Gasteiger partial charge is 0.266 e. The zero-order valence-electron chi connectivity index (χ0n) is 13.7. The molecule has 1 atom stereocenters. The SMILES string of the molecule is C[C@@H](Oc1ccc(F)cc1)C(=O)Nc1nc(-c2c[nH]c(C(N)=O)c2)cs1. The highest BCUT2D eigenvalue weighted by molar-refractivity contribution is 7.14. The van der Waals surface area contributed by atoms with Gasteiger partial charge in [0, 0.05) is 17.1 Å². The van der Waals surface area contributed by atoms with Crippen LogP contribution in [0.25, 0.3) is 11.3 Å². The first kappa shape index (κ1) is 17.6. The minimum Gasteiger partial charge on any atom is -0.481 e. The van der Waals surface area contributed by atoms with Crippen molar-refractivity contribution in [2.75, 3.05) is 5.32 Å². The number of carbonyl (C=O) groups excluding carboxylic acids is 2. The molecule has 0 spiro atoms. The maximum atomic E-state index is 12.9. The van der Waals surface area contributed by atoms with E-state index in [4.69, 9.17) is 10.5 Å². The summed E-state index contributed by atoms with van der Waals surface area (Å²) in [5.74, 6) is -0.942. The topological polar surface area (TPSA) is 110 Å². The van der Waals surface area contributed by atoms with Crippen LogP contribution in [-0.4, -0.2) is 27.9 Å². The van der Waals surface area contributed by atoms with Crippen molar-refractivity contribution in [3.63, 3.8) is 0 Å². The molecule has 0 radical (unpaired) electrons. The van der Waals surface area contributed by atoms with Crippen molar-refractivity contribution >= 4 is 28.3 Å². The zero-order chi connectivity index (χ0) is 18.7. The lowest BCUT2D eigenvalue weighted by atomic mass is 10.2. The first-order valence-corrected chi connectivity index (χ1v) is 8.47. The molecule has 134 valence electrons. The summed E-state index contributed by atoms with van der Waals surface area (Å²) >= 11 is 1.24. The summed E-state index contributed by atoms with van der Waals surface area (Å²) < 4.78 is 18.4. The van der Waals surface area contributed by atoms with E-state index in [0.717, 1.165) is 0 Å². The van der Waals surface area contributed by atoms with Crippen molar-refractivity contribution < 1.29 is 18.7 Å². The summed E-state index contributed by atoms with van der Waals surface area (Å²) in [6, 6.07) is 6.99. The Balaban J connectivity index is 1.63. The van der Waals surface area contributed by atoms with Crippen LogP contribution in [0.5, 0.6) is 5.75 Å². The number of aromatic nitrogens is 2. The fourth-order valence-corrected chi connectivity index (χ4v) is 2.85. The van der Waals surface area contributed by atoms with E-state index >= 15 is 0 Å². The van der Waals surface area contributed by atoms with Crippen LogP contribution in [0.15, 0.2) is 41.9 Å². The molecule has 3 rings (SSSR count). The number of H-pyrrole nitrogens is 1. The van der Waals surface area contributed by atoms with Gasteiger partial charge in [0.05, 0.1) is 5.69 Å². The van der Waals surface area contributed by atoms with Crippen molar-refractivity contribution in [1.82, 2.24) is 9.97 Å². The molecule has 0 aliphatic rings. The molecule has 0 saturated carbocycles. The number of benzene rings is 1. The number of amides is 2. The lowest BCUT2D eigenvalue weighted by Gasteiger charge is -2.13. The van der Waals surface area contributed by atoms with Crippen LogP contribution in [0.4, 0.5) is 9.52 Å². The third-order valence-electron chi connectivity index (χ3n) is 3.47. The first-order chi connectivity index (χ1) is 12.4. The average molecular weight is 374 g/mol. The second-order valence-electron chi connectivity index (χ2n) is 5.41. The summed E-state index contributed by atoms with van der Waals surface area (Å²) in [6.45, 7) is 1.58. The molecular weight excluding hydrogens is 359 g/mol. The number of nitrogens with two attached hydrogens (primary N) is 1. The quantitative estimate of drug-likeness (QED) is 0.616. The number of rotatable bonds is 6. The van der Waals surface area contributed by atoms with E-state index in [-0.39, 0.29) is 17.4 Å². The predicted octanol–water partition coefficient (Wildman–Crippen LogP) is 2.78. The lowest BCUT2D eigenvalue weighted by Crippen LogP contribution is -2.30. The summed E-state index contributed by atoms with van der Waals surface area (Å²) in [6.07, 6.45) is 0.822. The van der Waals surface area contributed by atoms with Crippen LogP contribution in [0.1, 0.15) is 17.4 Å². The van der Waals surface area contributed by atoms with Crippen LogP contribution < -0.4 is 15.8 Å². The molecule has 1 aromatic carbocycles. The van der Waals surface area contributed by atoms with Crippen molar-refractivity contribution in [3.8, 4) is 17.0 Å². The Labute approximate surface area is 152 Å². The molecule has 2 aromatic heterocycles. The number of halogens is 1. The van der Waals surface area contributed by atoms with Gasteiger partial charge in [0.2, 0.25) is 0 Å². The number of hydrogen-bond acceptors (Lipinski definition) is 5. The van der Waals surface area contributed by atoms with E-state index in [1.165, 1.54) is 35.6 Å². The highest BCUT2D eigenvalue weighted by atomic mass is 32.1. The fourth-order valence-electron chi connectivity index (χ4n) is 2.13. The van der Waals surface area contributed by atoms with Gasteiger partial charge in [-0.3, -0.25) is 14.9 Å². The average Bonchev–Trinajstić information content (AvgIpc) is 3.26. The molecule has 9 heteroatoms. The van der Waals surface area contributed by atoms with Crippen LogP contribution in [-0.2, 0) is 4.79 Å². The molecule has 0 aliphatic carbocycles. The van der Waals surface area contributed by atoms with Crippen molar-refractivity contribution in [1.29, 1.82) is 0 Å². The number of anilines is 1. The highest BCUT2D eigenvalue weighted by Gasteiger charge is 2.17. The fraction of sp³-hybridized carbons (Fsp3) is 0.118. The van der Waals surface area contributed by atoms with Gasteiger partial charge in [-0.05, 0) is 37.3 Å². The van der Waals surface area contributed by atoms with Crippen LogP contribution in [0, 0.1) is 5.82 Å². The Morgan fingerprint density at radius 1 is 1.35 bits per heavy atom. The maximum absolute atomic E-state index is 12.9. The molecule has 0 saturated heterocycles. The van der Waals surface area contributed by atoms with E-state index in [1.807, 2.05) is 0 Å². The minimum atomic E-state index is -0.790. The van der Waals surface area contributed by atoms with E-state index < -0.39 is 12.0 Å². The number of hydrogen-bond donors (Lipinski definition) is 3. The number of nitrogens with one attached hydrogen (secondary N) is 2. The van der Waals surface area contributed by atoms with Crippen molar-refractivity contribution in [2.24, 2.45) is 5.73 Å². The van der Waals surface area contributed by atoms with Crippen LogP contribution in [0.2, 0.25) is 0 Å². The Bertz CT molecular complexity index is 936. The normalized spacial score (nSPS) is 11.8. The molecule has 4 N–H and O–H groups in total. The molecule has 2 heterocycles. The lowest BCUT2D eigenvalue weighted by molar-refractivity contribution is -0.122. The first-order valence-electron chi connectivity index (χ1n) is 7.59. The van der Waals surface area contributed by atoms with E-state index in [1.54, 1.807) is 24.6 Å². The Morgan fingerprint density at radius 3 is 2.73 bits per heavy atom. The minimum absolute atomic E-state index is 0.278. The molecular formula is C17H15FN4O3S. The third kappa shape index (κ3) is 4.06. The Hall–Kier alpha value is -3.20. The third-order valence-corrected chi connectivity index (χ3v) is 4.23. The van der Waals surface area contributed by atoms with Gasteiger partial charge in [-0.2, -0.15) is 0 Å². The second kappa shape index (κ2) is 7.36. The Morgan fingerprint density at radius 2 is 2.08 bits per heavy atom. The second-order valence-corrected chi connectivity index (χ2v) is 6.27. The van der Waals surface area contributed by atoms with Crippen molar-refractivity contribution in [2.45, 2.75) is 13.0 Å². The number of thiazole rings is 1. The van der Waals surface area contributed by atoms with Gasteiger partial charge in [-0.25, -0.2) is 9.37 Å². The maximum Gasteiger partial charge on any atom is 0.266 e. The van der Waals surface area contributed by atoms with E-state index in [2.05, 4.69) is 15.3 Å². The van der Waals surface area contributed by atoms with Gasteiger partial charge in [0.1, 0.15) is 17.3 Å². The van der Waals surface area contributed by atoms with Crippen LogP contribution in [0.3, 0.4) is 0 Å². The number of aromatic amines is 1. The van der Waals surface area contributed by atoms with Crippen molar-refractivity contribution in [3.05, 3.63) is 53.4 Å². The molecule has 2 amide bonds. The van der Waals surface area contributed by atoms with Gasteiger partial charge in [0.15, 0.2) is 11.2 Å². The molecule has 3 aromatic rings. The number of carbonyl (C=O) groups is 2. The summed E-state index contributed by atoms with van der Waals surface area (Å²) in [4.78, 5) is 30.4. The monoisotopic (exact) mass is 374 g/mol. The summed E-state index contributed by atoms with van der Waals surface area (Å²) in [5, 5.41) is 4.80. The standard InChI is InChI=1S/C17H15FN4O3S/c1-9(25-12-4-2-11(18)3-5-12)16(24)22-17-21-14(8-26-17)10-6-13(15(19)23)20-7-10/h2-9,20H,1H3,(H2,19,23)(H,21,22,24)/t9-/m1/s1. The van der Waals surface area contributed by atoms with Crippen LogP contribution >= 0.6 is 11.3 Å². The number of primary amides is 1. The van der Waals surface area contributed by atoms with Gasteiger partial charge < -0.3 is 15.5 Å². The Kier molecular flexibility index (Phi) is 4.99. The van der Waals surface area contributed by atoms with E-state index in [0.29, 0.717) is 22.1 Å². The van der Waals surface area contributed by atoms with Gasteiger partial charge in [0.25, 0.3) is 11.8 Å². The molecule has 0 fully saturated rings. The summed E-state index contributed by atoms with van der Waals surface area (Å²) in [7, 11) is 0. The number of ether oxygens (including phenoxy) is 1. The molecule has 7 nitrogen and oxygen atoms in total. The van der Waals surface area contributed by atoms with Gasteiger partial charge in [-0.1, -0.05) is 0 Å². The van der Waals surface area contributed by atoms with Gasteiger partial charge >= 0.3 is 0 Å². The predicted molar refractivity (Wildman–Crippen MR) is 95.5 cm³/mol. The highest BCUT2D eigenvalue weighted by Crippen LogP contribution is 2.25. The molecule has 0 aliphatic heterocycles.